The van der Waals surface area contributed by atoms with Gasteiger partial charge in [0.25, 0.3) is 0 Å². The van der Waals surface area contributed by atoms with Crippen LogP contribution in [0.5, 0.6) is 5.75 Å². The first-order valence-electron chi connectivity index (χ1n) is 12.1. The number of aromatic nitrogens is 1. The molecule has 1 fully saturated rings. The number of piperazine rings is 1. The van der Waals surface area contributed by atoms with Gasteiger partial charge in [-0.05, 0) is 12.1 Å². The minimum absolute atomic E-state index is 0.361. The van der Waals surface area contributed by atoms with Crippen molar-refractivity contribution in [1.29, 1.82) is 0 Å². The van der Waals surface area contributed by atoms with Gasteiger partial charge in [-0.2, -0.15) is 0 Å². The van der Waals surface area contributed by atoms with E-state index >= 15 is 0 Å². The first-order valence-corrected chi connectivity index (χ1v) is 15.7. The van der Waals surface area contributed by atoms with E-state index in [4.69, 9.17) is 4.74 Å². The standard InChI is InChI=1S/C28H30AsN3O3S/c1-22-20-27(26-12-5-6-13-28(26)30-22)29-23-8-7-9-24(21-23)35-19-18-31-14-16-32(17-15-31)36(33,34)25-10-3-2-4-11-25/h2-13,20-21,29H,14-19H2,1H3. The number of nitrogens with zero attached hydrogens (tertiary/aromatic N) is 3. The van der Waals surface area contributed by atoms with Crippen molar-refractivity contribution in [3.63, 3.8) is 0 Å². The Morgan fingerprint density at radius 1 is 0.889 bits per heavy atom. The summed E-state index contributed by atoms with van der Waals surface area (Å²) in [6.45, 7) is 5.80. The molecule has 0 N–H and O–H groups in total. The molecular formula is C28H30AsN3O3S. The van der Waals surface area contributed by atoms with Gasteiger partial charge in [0.05, 0.1) is 0 Å². The molecule has 8 heteroatoms. The van der Waals surface area contributed by atoms with Crippen molar-refractivity contribution < 1.29 is 13.2 Å². The van der Waals surface area contributed by atoms with Gasteiger partial charge in [-0.15, -0.1) is 0 Å². The number of rotatable bonds is 8. The van der Waals surface area contributed by atoms with Gasteiger partial charge in [0.2, 0.25) is 0 Å². The van der Waals surface area contributed by atoms with Crippen LogP contribution >= 0.6 is 0 Å². The molecular weight excluding hydrogens is 533 g/mol. The molecule has 1 atom stereocenters. The van der Waals surface area contributed by atoms with Crippen LogP contribution in [0, 0.1) is 6.92 Å². The molecule has 1 aromatic heterocycles. The third-order valence-electron chi connectivity index (χ3n) is 6.35. The number of sulfonamides is 1. The Morgan fingerprint density at radius 2 is 1.64 bits per heavy atom. The Labute approximate surface area is 219 Å². The molecule has 3 aromatic carbocycles. The summed E-state index contributed by atoms with van der Waals surface area (Å²) in [5, 5.41) is 1.24. The predicted molar refractivity (Wildman–Crippen MR) is 146 cm³/mol. The summed E-state index contributed by atoms with van der Waals surface area (Å²) in [7, 11) is -3.42. The minimum atomic E-state index is -3.42. The van der Waals surface area contributed by atoms with E-state index in [1.807, 2.05) is 18.2 Å². The van der Waals surface area contributed by atoms with Crippen LogP contribution in [0.2, 0.25) is 0 Å². The van der Waals surface area contributed by atoms with Crippen molar-refractivity contribution in [2.24, 2.45) is 0 Å². The van der Waals surface area contributed by atoms with E-state index in [0.717, 1.165) is 23.5 Å². The van der Waals surface area contributed by atoms with Crippen molar-refractivity contribution in [2.45, 2.75) is 11.8 Å². The number of para-hydroxylation sites is 1. The molecule has 1 unspecified atom stereocenters. The van der Waals surface area contributed by atoms with Gasteiger partial charge in [0, 0.05) is 0 Å². The monoisotopic (exact) mass is 563 g/mol. The van der Waals surface area contributed by atoms with Crippen LogP contribution in [-0.4, -0.2) is 77.7 Å². The molecule has 5 rings (SSSR count). The van der Waals surface area contributed by atoms with Gasteiger partial charge in [-0.3, -0.25) is 0 Å². The zero-order chi connectivity index (χ0) is 25.0. The van der Waals surface area contributed by atoms with Crippen molar-refractivity contribution in [3.8, 4) is 5.75 Å². The van der Waals surface area contributed by atoms with Crippen LogP contribution in [-0.2, 0) is 10.0 Å². The summed E-state index contributed by atoms with van der Waals surface area (Å²) < 4.78 is 36.0. The molecule has 0 radical (unpaired) electrons. The van der Waals surface area contributed by atoms with Crippen LogP contribution in [0.4, 0.5) is 0 Å². The Kier molecular flexibility index (Phi) is 7.73. The molecule has 6 nitrogen and oxygen atoms in total. The molecule has 0 amide bonds. The molecule has 0 saturated carbocycles. The molecule has 0 bridgehead atoms. The molecule has 4 aromatic rings. The van der Waals surface area contributed by atoms with E-state index in [0.29, 0.717) is 37.7 Å². The maximum atomic E-state index is 12.8. The fourth-order valence-electron chi connectivity index (χ4n) is 4.46. The van der Waals surface area contributed by atoms with Gasteiger partial charge < -0.3 is 0 Å². The van der Waals surface area contributed by atoms with E-state index in [1.165, 1.54) is 14.1 Å². The van der Waals surface area contributed by atoms with Gasteiger partial charge in [-0.25, -0.2) is 0 Å². The van der Waals surface area contributed by atoms with Crippen LogP contribution in [0.15, 0.2) is 89.8 Å². The van der Waals surface area contributed by atoms with E-state index in [1.54, 1.807) is 28.6 Å². The van der Waals surface area contributed by atoms with Crippen LogP contribution in [0.1, 0.15) is 5.69 Å². The number of fused-ring (bicyclic) bond motifs is 1. The molecule has 1 saturated heterocycles. The second kappa shape index (κ2) is 11.1. The van der Waals surface area contributed by atoms with Crippen LogP contribution < -0.4 is 13.4 Å². The summed E-state index contributed by atoms with van der Waals surface area (Å²) in [5.41, 5.74) is 2.11. The van der Waals surface area contributed by atoms with Crippen molar-refractivity contribution in [3.05, 3.63) is 90.6 Å². The van der Waals surface area contributed by atoms with Gasteiger partial charge >= 0.3 is 190 Å². The fourth-order valence-corrected chi connectivity index (χ4v) is 8.70. The zero-order valence-electron chi connectivity index (χ0n) is 20.3. The number of benzene rings is 3. The van der Waals surface area contributed by atoms with Crippen LogP contribution in [0.25, 0.3) is 10.9 Å². The fraction of sp³-hybridized carbons (Fsp3) is 0.250. The molecule has 1 aliphatic rings. The van der Waals surface area contributed by atoms with Crippen molar-refractivity contribution >= 4 is 45.4 Å². The van der Waals surface area contributed by atoms with Crippen molar-refractivity contribution in [1.82, 2.24) is 14.2 Å². The molecule has 1 aliphatic heterocycles. The molecule has 2 heterocycles. The van der Waals surface area contributed by atoms with E-state index in [-0.39, 0.29) is 0 Å². The van der Waals surface area contributed by atoms with Gasteiger partial charge in [0.15, 0.2) is 0 Å². The molecule has 186 valence electrons. The summed E-state index contributed by atoms with van der Waals surface area (Å²) >= 11 is -0.526. The summed E-state index contributed by atoms with van der Waals surface area (Å²) in [6, 6.07) is 27.7. The van der Waals surface area contributed by atoms with E-state index in [9.17, 15) is 8.42 Å². The second-order valence-electron chi connectivity index (χ2n) is 8.89. The van der Waals surface area contributed by atoms with E-state index < -0.39 is 25.8 Å². The zero-order valence-corrected chi connectivity index (χ0v) is 23.2. The number of ether oxygens (including phenoxy) is 1. The van der Waals surface area contributed by atoms with Crippen LogP contribution in [0.3, 0.4) is 0 Å². The Morgan fingerprint density at radius 3 is 2.44 bits per heavy atom. The summed E-state index contributed by atoms with van der Waals surface area (Å²) in [6.07, 6.45) is 0. The third-order valence-corrected chi connectivity index (χ3v) is 10.9. The second-order valence-corrected chi connectivity index (χ2v) is 13.7. The SMILES string of the molecule is Cc1cc([AsH]c2cccc(OCCN3CCN(S(=O)(=O)c4ccccc4)CC3)c2)c2ccccc2n1. The Bertz CT molecular complexity index is 1440. The average molecular weight is 564 g/mol. The molecule has 36 heavy (non-hydrogen) atoms. The number of aryl methyl sites for hydroxylation is 1. The topological polar surface area (TPSA) is 62.7 Å². The van der Waals surface area contributed by atoms with Crippen molar-refractivity contribution in [2.75, 3.05) is 39.3 Å². The predicted octanol–water partition coefficient (Wildman–Crippen LogP) is 2.32. The normalized spacial score (nSPS) is 15.6. The molecule has 0 spiro atoms. The van der Waals surface area contributed by atoms with Gasteiger partial charge in [-0.1, -0.05) is 18.2 Å². The number of pyridine rings is 1. The first kappa shape index (κ1) is 25.0. The Hall–Kier alpha value is -2.70. The first-order chi connectivity index (χ1) is 17.5. The van der Waals surface area contributed by atoms with Gasteiger partial charge in [0.1, 0.15) is 0 Å². The maximum absolute atomic E-state index is 12.8. The number of hydrogen-bond donors (Lipinski definition) is 0. The average Bonchev–Trinajstić information content (AvgIpc) is 2.90. The van der Waals surface area contributed by atoms with E-state index in [2.05, 4.69) is 59.3 Å². The number of hydrogen-bond acceptors (Lipinski definition) is 5. The molecule has 0 aliphatic carbocycles. The third kappa shape index (κ3) is 5.81. The summed E-state index contributed by atoms with van der Waals surface area (Å²) in [5.74, 6) is 0.886. The Balaban J connectivity index is 1.14. The summed E-state index contributed by atoms with van der Waals surface area (Å²) in [4.78, 5) is 7.29. The quantitative estimate of drug-likeness (QED) is 0.308.